The highest BCUT2D eigenvalue weighted by molar-refractivity contribution is 14.0. The molecule has 5 heteroatoms. The van der Waals surface area contributed by atoms with Crippen LogP contribution in [-0.2, 0) is 6.54 Å². The van der Waals surface area contributed by atoms with Gasteiger partial charge in [0.25, 0.3) is 0 Å². The molecule has 0 aliphatic rings. The maximum atomic E-state index is 5.71. The lowest BCUT2D eigenvalue weighted by Crippen LogP contribution is -2.22. The zero-order chi connectivity index (χ0) is 12.1. The minimum Gasteiger partial charge on any atom is -0.491 e. The van der Waals surface area contributed by atoms with Crippen molar-refractivity contribution in [3.63, 3.8) is 0 Å². The van der Waals surface area contributed by atoms with Gasteiger partial charge in [-0.2, -0.15) is 0 Å². The Morgan fingerprint density at radius 3 is 2.53 bits per heavy atom. The second kappa shape index (κ2) is 7.37. The first-order chi connectivity index (χ1) is 7.49. The van der Waals surface area contributed by atoms with Gasteiger partial charge in [-0.3, -0.25) is 0 Å². The minimum absolute atomic E-state index is 0. The van der Waals surface area contributed by atoms with E-state index in [4.69, 9.17) is 16.2 Å². The average molecular weight is 349 g/mol. The lowest BCUT2D eigenvalue weighted by atomic mass is 10.1. The molecule has 0 spiro atoms. The van der Waals surface area contributed by atoms with Crippen LogP contribution in [0.25, 0.3) is 0 Å². The first-order valence-electron chi connectivity index (χ1n) is 5.30. The van der Waals surface area contributed by atoms with E-state index in [0.29, 0.717) is 6.54 Å². The molecule has 1 aromatic carbocycles. The van der Waals surface area contributed by atoms with Crippen LogP contribution >= 0.6 is 24.0 Å². The highest BCUT2D eigenvalue weighted by atomic mass is 127. The normalized spacial score (nSPS) is 9.65. The molecule has 0 atom stereocenters. The molecule has 1 rings (SSSR count). The fourth-order valence-electron chi connectivity index (χ4n) is 1.33. The number of nitrogens with two attached hydrogens (primary N) is 2. The molecule has 4 N–H and O–H groups in total. The van der Waals surface area contributed by atoms with Gasteiger partial charge in [-0.05, 0) is 32.4 Å². The summed E-state index contributed by atoms with van der Waals surface area (Å²) in [6, 6.07) is 6.00. The van der Waals surface area contributed by atoms with Crippen molar-refractivity contribution in [2.45, 2.75) is 33.4 Å². The summed E-state index contributed by atoms with van der Waals surface area (Å²) in [5, 5.41) is 0. The van der Waals surface area contributed by atoms with Crippen molar-refractivity contribution in [2.24, 2.45) is 16.5 Å². The summed E-state index contributed by atoms with van der Waals surface area (Å²) in [6.07, 6.45) is 0.139. The molecule has 1 aromatic rings. The number of aliphatic imine (C=N–C) groups is 1. The van der Waals surface area contributed by atoms with Gasteiger partial charge in [-0.15, -0.1) is 24.0 Å². The lowest BCUT2D eigenvalue weighted by molar-refractivity contribution is 0.240. The van der Waals surface area contributed by atoms with Crippen LogP contribution in [0.15, 0.2) is 23.2 Å². The summed E-state index contributed by atoms with van der Waals surface area (Å²) < 4.78 is 5.71. The van der Waals surface area contributed by atoms with Crippen LogP contribution in [0.4, 0.5) is 0 Å². The SMILES string of the molecule is Cc1ccc(CN=C(N)N)c(OC(C)C)c1.I. The molecule has 0 aliphatic carbocycles. The molecular weight excluding hydrogens is 329 g/mol. The number of hydrogen-bond donors (Lipinski definition) is 2. The van der Waals surface area contributed by atoms with Crippen molar-refractivity contribution in [2.75, 3.05) is 0 Å². The Bertz CT molecular complexity index is 387. The van der Waals surface area contributed by atoms with Crippen molar-refractivity contribution in [3.05, 3.63) is 29.3 Å². The third kappa shape index (κ3) is 5.76. The Morgan fingerprint density at radius 1 is 1.35 bits per heavy atom. The number of rotatable bonds is 4. The van der Waals surface area contributed by atoms with E-state index in [1.54, 1.807) is 0 Å². The number of guanidine groups is 1. The second-order valence-corrected chi connectivity index (χ2v) is 4.02. The van der Waals surface area contributed by atoms with Crippen LogP contribution in [0.3, 0.4) is 0 Å². The highest BCUT2D eigenvalue weighted by Gasteiger charge is 2.05. The zero-order valence-corrected chi connectivity index (χ0v) is 12.8. The predicted molar refractivity (Wildman–Crippen MR) is 81.9 cm³/mol. The smallest absolute Gasteiger partial charge is 0.186 e. The van der Waals surface area contributed by atoms with E-state index in [9.17, 15) is 0 Å². The van der Waals surface area contributed by atoms with Crippen LogP contribution in [0.1, 0.15) is 25.0 Å². The van der Waals surface area contributed by atoms with Crippen LogP contribution in [0.5, 0.6) is 5.75 Å². The number of hydrogen-bond acceptors (Lipinski definition) is 2. The minimum atomic E-state index is 0. The summed E-state index contributed by atoms with van der Waals surface area (Å²) in [6.45, 7) is 6.46. The molecule has 96 valence electrons. The van der Waals surface area contributed by atoms with Gasteiger partial charge in [0.15, 0.2) is 5.96 Å². The first-order valence-corrected chi connectivity index (χ1v) is 5.30. The molecule has 0 saturated heterocycles. The molecule has 0 aromatic heterocycles. The molecule has 0 amide bonds. The highest BCUT2D eigenvalue weighted by Crippen LogP contribution is 2.22. The van der Waals surface area contributed by atoms with E-state index >= 15 is 0 Å². The van der Waals surface area contributed by atoms with Gasteiger partial charge in [-0.25, -0.2) is 4.99 Å². The van der Waals surface area contributed by atoms with E-state index in [1.165, 1.54) is 0 Å². The van der Waals surface area contributed by atoms with Gasteiger partial charge in [0, 0.05) is 5.56 Å². The molecule has 17 heavy (non-hydrogen) atoms. The fourth-order valence-corrected chi connectivity index (χ4v) is 1.33. The van der Waals surface area contributed by atoms with Crippen molar-refractivity contribution < 1.29 is 4.74 Å². The van der Waals surface area contributed by atoms with Crippen molar-refractivity contribution in [1.82, 2.24) is 0 Å². The summed E-state index contributed by atoms with van der Waals surface area (Å²) in [4.78, 5) is 3.98. The third-order valence-corrected chi connectivity index (χ3v) is 2.02. The van der Waals surface area contributed by atoms with Crippen LogP contribution < -0.4 is 16.2 Å². The number of nitrogens with zero attached hydrogens (tertiary/aromatic N) is 1. The van der Waals surface area contributed by atoms with E-state index in [0.717, 1.165) is 16.9 Å². The van der Waals surface area contributed by atoms with Gasteiger partial charge in [0.1, 0.15) is 5.75 Å². The van der Waals surface area contributed by atoms with Gasteiger partial charge < -0.3 is 16.2 Å². The first kappa shape index (κ1) is 16.0. The zero-order valence-electron chi connectivity index (χ0n) is 10.4. The fraction of sp³-hybridized carbons (Fsp3) is 0.417. The third-order valence-electron chi connectivity index (χ3n) is 2.02. The quantitative estimate of drug-likeness (QED) is 0.497. The van der Waals surface area contributed by atoms with Crippen LogP contribution in [0, 0.1) is 6.92 Å². The van der Waals surface area contributed by atoms with Gasteiger partial charge in [0.05, 0.1) is 12.6 Å². The number of halogens is 1. The maximum absolute atomic E-state index is 5.71. The molecule has 0 radical (unpaired) electrons. The monoisotopic (exact) mass is 349 g/mol. The summed E-state index contributed by atoms with van der Waals surface area (Å²) in [7, 11) is 0. The molecule has 0 unspecified atom stereocenters. The van der Waals surface area contributed by atoms with Gasteiger partial charge >= 0.3 is 0 Å². The second-order valence-electron chi connectivity index (χ2n) is 4.02. The number of ether oxygens (including phenoxy) is 1. The molecule has 4 nitrogen and oxygen atoms in total. The average Bonchev–Trinajstić information content (AvgIpc) is 2.15. The predicted octanol–water partition coefficient (Wildman–Crippen LogP) is 2.17. The van der Waals surface area contributed by atoms with Gasteiger partial charge in [0.2, 0.25) is 0 Å². The summed E-state index contributed by atoms with van der Waals surface area (Å²) in [5.74, 6) is 0.941. The molecular formula is C12H20IN3O. The molecule has 0 bridgehead atoms. The van der Waals surface area contributed by atoms with Crippen molar-refractivity contribution in [1.29, 1.82) is 0 Å². The Kier molecular flexibility index (Phi) is 6.94. The Labute approximate surface area is 119 Å². The van der Waals surface area contributed by atoms with E-state index in [2.05, 4.69) is 4.99 Å². The van der Waals surface area contributed by atoms with Crippen LogP contribution in [-0.4, -0.2) is 12.1 Å². The Morgan fingerprint density at radius 2 is 2.00 bits per heavy atom. The molecule has 0 aliphatic heterocycles. The number of benzene rings is 1. The topological polar surface area (TPSA) is 73.6 Å². The van der Waals surface area contributed by atoms with E-state index in [1.807, 2.05) is 39.0 Å². The standard InChI is InChI=1S/C12H19N3O.HI/c1-8(2)16-11-6-9(3)4-5-10(11)7-15-12(13)14;/h4-6,8H,7H2,1-3H3,(H4,13,14,15);1H. The summed E-state index contributed by atoms with van der Waals surface area (Å²) >= 11 is 0. The Balaban J connectivity index is 0.00000256. The van der Waals surface area contributed by atoms with Crippen LogP contribution in [0.2, 0.25) is 0 Å². The summed E-state index contributed by atoms with van der Waals surface area (Å²) in [5.41, 5.74) is 12.8. The molecule has 0 fully saturated rings. The number of aryl methyl sites for hydroxylation is 1. The van der Waals surface area contributed by atoms with E-state index < -0.39 is 0 Å². The lowest BCUT2D eigenvalue weighted by Gasteiger charge is -2.14. The molecule has 0 heterocycles. The van der Waals surface area contributed by atoms with Crippen molar-refractivity contribution >= 4 is 29.9 Å². The molecule has 0 saturated carbocycles. The van der Waals surface area contributed by atoms with Gasteiger partial charge in [-0.1, -0.05) is 12.1 Å². The van der Waals surface area contributed by atoms with E-state index in [-0.39, 0.29) is 36.0 Å². The van der Waals surface area contributed by atoms with Crippen molar-refractivity contribution in [3.8, 4) is 5.75 Å². The largest absolute Gasteiger partial charge is 0.491 e. The Hall–Kier alpha value is -0.980. The maximum Gasteiger partial charge on any atom is 0.186 e.